The van der Waals surface area contributed by atoms with Crippen molar-refractivity contribution in [2.45, 2.75) is 19.8 Å². The number of hydrogen-bond donors (Lipinski definition) is 0. The maximum absolute atomic E-state index is 13.3. The number of anilines is 1. The van der Waals surface area contributed by atoms with E-state index >= 15 is 0 Å². The fourth-order valence-electron chi connectivity index (χ4n) is 2.73. The second-order valence-electron chi connectivity index (χ2n) is 6.21. The van der Waals surface area contributed by atoms with Gasteiger partial charge in [-0.15, -0.1) is 0 Å². The Labute approximate surface area is 173 Å². The standard InChI is InChI=1S/C22H21FN2O3S/c1-2-28-20(26)9-6-14-29-22-24-19(15-16-7-4-3-5-8-16)21(27)25(22)18-12-10-17(23)11-13-18/h3-5,7-8,10-13,15H,2,6,9,14H2,1H3/b19-15+. The quantitative estimate of drug-likeness (QED) is 0.377. The molecule has 0 fully saturated rings. The summed E-state index contributed by atoms with van der Waals surface area (Å²) in [6, 6.07) is 15.2. The van der Waals surface area contributed by atoms with Crippen molar-refractivity contribution in [3.8, 4) is 0 Å². The highest BCUT2D eigenvalue weighted by Gasteiger charge is 2.31. The van der Waals surface area contributed by atoms with Gasteiger partial charge < -0.3 is 4.74 Å². The minimum absolute atomic E-state index is 0.238. The van der Waals surface area contributed by atoms with Gasteiger partial charge in [0.25, 0.3) is 5.91 Å². The molecule has 1 aliphatic heterocycles. The summed E-state index contributed by atoms with van der Waals surface area (Å²) >= 11 is 1.38. The first-order chi connectivity index (χ1) is 14.1. The molecule has 0 N–H and O–H groups in total. The van der Waals surface area contributed by atoms with Crippen LogP contribution in [0.25, 0.3) is 6.08 Å². The van der Waals surface area contributed by atoms with Crippen LogP contribution in [0.15, 0.2) is 65.3 Å². The van der Waals surface area contributed by atoms with Crippen molar-refractivity contribution in [3.05, 3.63) is 71.7 Å². The van der Waals surface area contributed by atoms with E-state index in [1.165, 1.54) is 28.8 Å². The van der Waals surface area contributed by atoms with E-state index in [0.29, 0.717) is 41.8 Å². The van der Waals surface area contributed by atoms with Gasteiger partial charge in [0, 0.05) is 12.2 Å². The van der Waals surface area contributed by atoms with Gasteiger partial charge in [0.2, 0.25) is 0 Å². The lowest BCUT2D eigenvalue weighted by Crippen LogP contribution is -2.30. The van der Waals surface area contributed by atoms with Gasteiger partial charge in [0.1, 0.15) is 11.5 Å². The molecule has 5 nitrogen and oxygen atoms in total. The SMILES string of the molecule is CCOC(=O)CCCSC1=N/C(=C/c2ccccc2)C(=O)N1c1ccc(F)cc1. The Morgan fingerprint density at radius 1 is 1.17 bits per heavy atom. The molecule has 0 radical (unpaired) electrons. The first-order valence-corrected chi connectivity index (χ1v) is 10.3. The van der Waals surface area contributed by atoms with Gasteiger partial charge in [0.15, 0.2) is 5.17 Å². The number of hydrogen-bond acceptors (Lipinski definition) is 5. The topological polar surface area (TPSA) is 59.0 Å². The smallest absolute Gasteiger partial charge is 0.305 e. The summed E-state index contributed by atoms with van der Waals surface area (Å²) in [5, 5.41) is 0.507. The summed E-state index contributed by atoms with van der Waals surface area (Å²) in [5.74, 6) is -0.284. The van der Waals surface area contributed by atoms with Crippen LogP contribution in [0.5, 0.6) is 0 Å². The highest BCUT2D eigenvalue weighted by Crippen LogP contribution is 2.30. The average molecular weight is 412 g/mol. The number of esters is 1. The van der Waals surface area contributed by atoms with Gasteiger partial charge >= 0.3 is 5.97 Å². The number of benzene rings is 2. The molecular formula is C22H21FN2O3S. The molecule has 2 aromatic carbocycles. The maximum Gasteiger partial charge on any atom is 0.305 e. The van der Waals surface area contributed by atoms with Crippen LogP contribution in [0.4, 0.5) is 10.1 Å². The normalized spacial score (nSPS) is 15.0. The van der Waals surface area contributed by atoms with E-state index in [9.17, 15) is 14.0 Å². The van der Waals surface area contributed by atoms with Crippen LogP contribution in [0.3, 0.4) is 0 Å². The summed E-state index contributed by atoms with van der Waals surface area (Å²) in [7, 11) is 0. The summed E-state index contributed by atoms with van der Waals surface area (Å²) in [4.78, 5) is 30.5. The largest absolute Gasteiger partial charge is 0.466 e. The first kappa shape index (κ1) is 20.8. The maximum atomic E-state index is 13.3. The molecule has 29 heavy (non-hydrogen) atoms. The molecule has 1 amide bonds. The van der Waals surface area contributed by atoms with Crippen molar-refractivity contribution in [1.82, 2.24) is 0 Å². The Morgan fingerprint density at radius 2 is 1.90 bits per heavy atom. The predicted molar refractivity (Wildman–Crippen MR) is 114 cm³/mol. The monoisotopic (exact) mass is 412 g/mol. The van der Waals surface area contributed by atoms with Crippen molar-refractivity contribution in [2.24, 2.45) is 4.99 Å². The van der Waals surface area contributed by atoms with Crippen LogP contribution >= 0.6 is 11.8 Å². The molecule has 0 aliphatic carbocycles. The lowest BCUT2D eigenvalue weighted by Gasteiger charge is -2.17. The zero-order chi connectivity index (χ0) is 20.6. The van der Waals surface area contributed by atoms with Gasteiger partial charge in [-0.25, -0.2) is 9.38 Å². The van der Waals surface area contributed by atoms with Crippen LogP contribution in [-0.2, 0) is 14.3 Å². The fourth-order valence-corrected chi connectivity index (χ4v) is 3.68. The highest BCUT2D eigenvalue weighted by atomic mass is 32.2. The van der Waals surface area contributed by atoms with E-state index < -0.39 is 0 Å². The molecule has 0 atom stereocenters. The zero-order valence-electron chi connectivity index (χ0n) is 16.0. The van der Waals surface area contributed by atoms with Crippen LogP contribution in [0, 0.1) is 5.82 Å². The minimum Gasteiger partial charge on any atom is -0.466 e. The molecule has 0 bridgehead atoms. The number of thioether (sulfide) groups is 1. The Balaban J connectivity index is 1.78. The zero-order valence-corrected chi connectivity index (χ0v) is 16.8. The molecule has 0 saturated heterocycles. The fraction of sp³-hybridized carbons (Fsp3) is 0.227. The molecular weight excluding hydrogens is 391 g/mol. The number of halogens is 1. The third kappa shape index (κ3) is 5.54. The van der Waals surface area contributed by atoms with E-state index in [2.05, 4.69) is 4.99 Å². The van der Waals surface area contributed by atoms with E-state index in [4.69, 9.17) is 4.74 Å². The second kappa shape index (κ2) is 10.0. The van der Waals surface area contributed by atoms with Gasteiger partial charge in [-0.1, -0.05) is 42.1 Å². The molecule has 0 unspecified atom stereocenters. The summed E-state index contributed by atoms with van der Waals surface area (Å²) in [5.41, 5.74) is 1.73. The Kier molecular flexibility index (Phi) is 7.19. The van der Waals surface area contributed by atoms with Crippen molar-refractivity contribution >= 4 is 40.6 Å². The number of rotatable bonds is 7. The van der Waals surface area contributed by atoms with E-state index in [0.717, 1.165) is 5.56 Å². The molecule has 150 valence electrons. The minimum atomic E-state index is -0.374. The summed E-state index contributed by atoms with van der Waals surface area (Å²) < 4.78 is 18.3. The third-order valence-electron chi connectivity index (χ3n) is 4.08. The van der Waals surface area contributed by atoms with Crippen molar-refractivity contribution in [1.29, 1.82) is 0 Å². The third-order valence-corrected chi connectivity index (χ3v) is 5.10. The van der Waals surface area contributed by atoms with Gasteiger partial charge in [-0.05, 0) is 49.2 Å². The van der Waals surface area contributed by atoms with Crippen LogP contribution < -0.4 is 4.90 Å². The van der Waals surface area contributed by atoms with Crippen LogP contribution in [-0.4, -0.2) is 29.4 Å². The van der Waals surface area contributed by atoms with Crippen molar-refractivity contribution in [3.63, 3.8) is 0 Å². The van der Waals surface area contributed by atoms with Crippen LogP contribution in [0.2, 0.25) is 0 Å². The second-order valence-corrected chi connectivity index (χ2v) is 7.27. The number of amidine groups is 1. The van der Waals surface area contributed by atoms with Gasteiger partial charge in [0.05, 0.1) is 12.3 Å². The average Bonchev–Trinajstić information content (AvgIpc) is 3.02. The summed E-state index contributed by atoms with van der Waals surface area (Å²) in [6.07, 6.45) is 2.64. The number of amides is 1. The van der Waals surface area contributed by atoms with E-state index in [-0.39, 0.29) is 17.7 Å². The lowest BCUT2D eigenvalue weighted by molar-refractivity contribution is -0.143. The molecule has 1 heterocycles. The van der Waals surface area contributed by atoms with Gasteiger partial charge in [-0.3, -0.25) is 14.5 Å². The number of ether oxygens (including phenoxy) is 1. The van der Waals surface area contributed by atoms with E-state index in [1.807, 2.05) is 30.3 Å². The Morgan fingerprint density at radius 3 is 2.59 bits per heavy atom. The number of nitrogens with zero attached hydrogens (tertiary/aromatic N) is 2. The Hall–Kier alpha value is -2.93. The van der Waals surface area contributed by atoms with Gasteiger partial charge in [-0.2, -0.15) is 0 Å². The number of carbonyl (C=O) groups excluding carboxylic acids is 2. The van der Waals surface area contributed by atoms with Crippen molar-refractivity contribution in [2.75, 3.05) is 17.3 Å². The number of carbonyl (C=O) groups is 2. The lowest BCUT2D eigenvalue weighted by atomic mass is 10.2. The Bertz CT molecular complexity index is 927. The van der Waals surface area contributed by atoms with Crippen molar-refractivity contribution < 1.29 is 18.7 Å². The molecule has 1 aliphatic rings. The predicted octanol–water partition coefficient (Wildman–Crippen LogP) is 4.65. The molecule has 2 aromatic rings. The molecule has 0 spiro atoms. The number of aliphatic imine (C=N–C) groups is 1. The van der Waals surface area contributed by atoms with E-state index in [1.54, 1.807) is 25.1 Å². The molecule has 0 saturated carbocycles. The highest BCUT2D eigenvalue weighted by molar-refractivity contribution is 8.14. The summed E-state index contributed by atoms with van der Waals surface area (Å²) in [6.45, 7) is 2.13. The molecule has 3 rings (SSSR count). The molecule has 0 aromatic heterocycles. The molecule has 7 heteroatoms. The van der Waals surface area contributed by atoms with Crippen LogP contribution in [0.1, 0.15) is 25.3 Å². The first-order valence-electron chi connectivity index (χ1n) is 9.32.